The van der Waals surface area contributed by atoms with Crippen LogP contribution in [0.4, 0.5) is 10.1 Å². The minimum absolute atomic E-state index is 0.101. The van der Waals surface area contributed by atoms with Crippen molar-refractivity contribution in [2.45, 2.75) is 64.1 Å². The van der Waals surface area contributed by atoms with Crippen molar-refractivity contribution in [3.8, 4) is 0 Å². The molecular formula is C17H25FN2. The molecular weight excluding hydrogens is 251 g/mol. The van der Waals surface area contributed by atoms with E-state index in [-0.39, 0.29) is 5.82 Å². The Bertz CT molecular complexity index is 456. The minimum Gasteiger partial charge on any atom is -0.368 e. The summed E-state index contributed by atoms with van der Waals surface area (Å²) in [6.07, 6.45) is 7.45. The first kappa shape index (κ1) is 13.9. The van der Waals surface area contributed by atoms with Crippen LogP contribution in [-0.4, -0.2) is 18.6 Å². The molecule has 0 spiro atoms. The van der Waals surface area contributed by atoms with Gasteiger partial charge in [-0.05, 0) is 62.3 Å². The lowest BCUT2D eigenvalue weighted by Crippen LogP contribution is -2.39. The van der Waals surface area contributed by atoms with E-state index in [2.05, 4.69) is 23.2 Å². The number of anilines is 1. The smallest absolute Gasteiger partial charge is 0.125 e. The zero-order valence-corrected chi connectivity index (χ0v) is 12.4. The second-order valence-electron chi connectivity index (χ2n) is 6.22. The Kier molecular flexibility index (Phi) is 4.25. The van der Waals surface area contributed by atoms with Gasteiger partial charge in [-0.25, -0.2) is 4.39 Å². The molecule has 3 heteroatoms. The molecule has 1 aliphatic heterocycles. The summed E-state index contributed by atoms with van der Waals surface area (Å²) in [7, 11) is 0. The van der Waals surface area contributed by atoms with Crippen LogP contribution in [0.25, 0.3) is 0 Å². The van der Waals surface area contributed by atoms with Crippen molar-refractivity contribution in [2.24, 2.45) is 0 Å². The van der Waals surface area contributed by atoms with Crippen LogP contribution >= 0.6 is 0 Å². The van der Waals surface area contributed by atoms with Crippen molar-refractivity contribution in [1.29, 1.82) is 0 Å². The fraction of sp³-hybridized carbons (Fsp3) is 0.647. The summed E-state index contributed by atoms with van der Waals surface area (Å²) >= 11 is 0. The van der Waals surface area contributed by atoms with Gasteiger partial charge in [-0.2, -0.15) is 0 Å². The first-order valence-electron chi connectivity index (χ1n) is 8.05. The van der Waals surface area contributed by atoms with Gasteiger partial charge in [0.15, 0.2) is 0 Å². The number of benzene rings is 1. The van der Waals surface area contributed by atoms with Crippen molar-refractivity contribution in [3.63, 3.8) is 0 Å². The lowest BCUT2D eigenvalue weighted by molar-refractivity contribution is 0.449. The summed E-state index contributed by atoms with van der Waals surface area (Å²) in [4.78, 5) is 2.41. The fourth-order valence-corrected chi connectivity index (χ4v) is 3.22. The first-order valence-corrected chi connectivity index (χ1v) is 8.05. The van der Waals surface area contributed by atoms with E-state index < -0.39 is 0 Å². The van der Waals surface area contributed by atoms with Crippen molar-refractivity contribution in [3.05, 3.63) is 29.6 Å². The molecule has 1 N–H and O–H groups in total. The molecule has 0 bridgehead atoms. The first-order chi connectivity index (χ1) is 9.76. The number of halogens is 1. The molecule has 1 atom stereocenters. The SMILES string of the molecule is CCC1CCCCN1c1cc(F)cc(CNC2CC2)c1. The van der Waals surface area contributed by atoms with Crippen LogP contribution in [0.3, 0.4) is 0 Å². The maximum atomic E-state index is 13.9. The monoisotopic (exact) mass is 276 g/mol. The molecule has 0 radical (unpaired) electrons. The molecule has 20 heavy (non-hydrogen) atoms. The van der Waals surface area contributed by atoms with E-state index in [9.17, 15) is 4.39 Å². The Morgan fingerprint density at radius 3 is 2.80 bits per heavy atom. The summed E-state index contributed by atoms with van der Waals surface area (Å²) in [5.74, 6) is -0.101. The Balaban J connectivity index is 1.76. The van der Waals surface area contributed by atoms with Crippen LogP contribution in [-0.2, 0) is 6.54 Å². The Morgan fingerprint density at radius 2 is 2.05 bits per heavy atom. The Labute approximate surface area is 121 Å². The summed E-state index contributed by atoms with van der Waals surface area (Å²) in [5.41, 5.74) is 2.15. The molecule has 3 rings (SSSR count). The number of nitrogens with one attached hydrogen (secondary N) is 1. The molecule has 1 saturated heterocycles. The van der Waals surface area contributed by atoms with Crippen LogP contribution in [0.15, 0.2) is 18.2 Å². The molecule has 1 aromatic rings. The normalized spacial score (nSPS) is 23.1. The topological polar surface area (TPSA) is 15.3 Å². The molecule has 1 aromatic carbocycles. The highest BCUT2D eigenvalue weighted by Gasteiger charge is 2.23. The van der Waals surface area contributed by atoms with Crippen molar-refractivity contribution >= 4 is 5.69 Å². The molecule has 2 nitrogen and oxygen atoms in total. The number of hydrogen-bond donors (Lipinski definition) is 1. The standard InChI is InChI=1S/C17H25FN2/c1-2-16-5-3-4-8-20(16)17-10-13(9-14(18)11-17)12-19-15-6-7-15/h9-11,15-16,19H,2-8,12H2,1H3. The third-order valence-corrected chi connectivity index (χ3v) is 4.54. The van der Waals surface area contributed by atoms with Gasteiger partial charge in [0.2, 0.25) is 0 Å². The van der Waals surface area contributed by atoms with E-state index in [1.54, 1.807) is 12.1 Å². The van der Waals surface area contributed by atoms with Gasteiger partial charge in [0.25, 0.3) is 0 Å². The quantitative estimate of drug-likeness (QED) is 0.879. The third kappa shape index (κ3) is 3.32. The van der Waals surface area contributed by atoms with E-state index in [1.807, 2.05) is 0 Å². The molecule has 1 aliphatic carbocycles. The van der Waals surface area contributed by atoms with Gasteiger partial charge in [-0.3, -0.25) is 0 Å². The molecule has 0 aromatic heterocycles. The van der Waals surface area contributed by atoms with E-state index in [0.717, 1.165) is 30.8 Å². The van der Waals surface area contributed by atoms with Crippen LogP contribution in [0.2, 0.25) is 0 Å². The van der Waals surface area contributed by atoms with Crippen LogP contribution in [0, 0.1) is 5.82 Å². The van der Waals surface area contributed by atoms with Gasteiger partial charge < -0.3 is 10.2 Å². The van der Waals surface area contributed by atoms with E-state index in [0.29, 0.717) is 12.1 Å². The number of piperidine rings is 1. The predicted molar refractivity (Wildman–Crippen MR) is 81.5 cm³/mol. The summed E-state index contributed by atoms with van der Waals surface area (Å²) in [5, 5.41) is 3.47. The summed E-state index contributed by atoms with van der Waals surface area (Å²) in [6, 6.07) is 6.79. The Morgan fingerprint density at radius 1 is 1.20 bits per heavy atom. The number of nitrogens with zero attached hydrogens (tertiary/aromatic N) is 1. The molecule has 1 heterocycles. The fourth-order valence-electron chi connectivity index (χ4n) is 3.22. The van der Waals surface area contributed by atoms with Crippen molar-refractivity contribution in [2.75, 3.05) is 11.4 Å². The lowest BCUT2D eigenvalue weighted by atomic mass is 9.98. The van der Waals surface area contributed by atoms with Gasteiger partial charge in [0, 0.05) is 30.9 Å². The molecule has 110 valence electrons. The second kappa shape index (κ2) is 6.13. The summed E-state index contributed by atoms with van der Waals surface area (Å²) < 4.78 is 13.9. The molecule has 2 fully saturated rings. The highest BCUT2D eigenvalue weighted by molar-refractivity contribution is 5.50. The highest BCUT2D eigenvalue weighted by atomic mass is 19.1. The van der Waals surface area contributed by atoms with Crippen molar-refractivity contribution < 1.29 is 4.39 Å². The largest absolute Gasteiger partial charge is 0.368 e. The molecule has 1 unspecified atom stereocenters. The van der Waals surface area contributed by atoms with Crippen LogP contribution < -0.4 is 10.2 Å². The number of hydrogen-bond acceptors (Lipinski definition) is 2. The van der Waals surface area contributed by atoms with E-state index >= 15 is 0 Å². The Hall–Kier alpha value is -1.09. The highest BCUT2D eigenvalue weighted by Crippen LogP contribution is 2.28. The second-order valence-corrected chi connectivity index (χ2v) is 6.22. The molecule has 0 amide bonds. The minimum atomic E-state index is -0.101. The van der Waals surface area contributed by atoms with E-state index in [4.69, 9.17) is 0 Å². The average Bonchev–Trinajstić information content (AvgIpc) is 3.29. The van der Waals surface area contributed by atoms with Gasteiger partial charge in [0.05, 0.1) is 0 Å². The average molecular weight is 276 g/mol. The zero-order chi connectivity index (χ0) is 13.9. The maximum absolute atomic E-state index is 13.9. The predicted octanol–water partition coefficient (Wildman–Crippen LogP) is 3.85. The molecule has 1 saturated carbocycles. The molecule has 2 aliphatic rings. The van der Waals surface area contributed by atoms with E-state index in [1.165, 1.54) is 32.1 Å². The summed E-state index contributed by atoms with van der Waals surface area (Å²) in [6.45, 7) is 4.09. The maximum Gasteiger partial charge on any atom is 0.125 e. The van der Waals surface area contributed by atoms with Crippen LogP contribution in [0.5, 0.6) is 0 Å². The van der Waals surface area contributed by atoms with Crippen molar-refractivity contribution in [1.82, 2.24) is 5.32 Å². The number of rotatable bonds is 5. The van der Waals surface area contributed by atoms with Gasteiger partial charge in [-0.15, -0.1) is 0 Å². The van der Waals surface area contributed by atoms with Gasteiger partial charge >= 0.3 is 0 Å². The van der Waals surface area contributed by atoms with Gasteiger partial charge in [-0.1, -0.05) is 6.92 Å². The van der Waals surface area contributed by atoms with Crippen LogP contribution in [0.1, 0.15) is 51.0 Å². The third-order valence-electron chi connectivity index (χ3n) is 4.54. The van der Waals surface area contributed by atoms with Gasteiger partial charge in [0.1, 0.15) is 5.82 Å². The zero-order valence-electron chi connectivity index (χ0n) is 12.4. The lowest BCUT2D eigenvalue weighted by Gasteiger charge is -2.37.